The molecule has 1 aromatic carbocycles. The van der Waals surface area contributed by atoms with E-state index in [0.717, 1.165) is 30.6 Å². The third-order valence-corrected chi connectivity index (χ3v) is 6.29. The molecular weight excluding hydrogens is 356 g/mol. The Morgan fingerprint density at radius 3 is 2.61 bits per heavy atom. The van der Waals surface area contributed by atoms with Gasteiger partial charge in [0.25, 0.3) is 0 Å². The van der Waals surface area contributed by atoms with Crippen LogP contribution in [0.5, 0.6) is 0 Å². The summed E-state index contributed by atoms with van der Waals surface area (Å²) in [4.78, 5) is 30.9. The van der Waals surface area contributed by atoms with E-state index in [4.69, 9.17) is 9.47 Å². The first-order valence-electron chi connectivity index (χ1n) is 9.73. The number of nitrogens with zero attached hydrogens (tertiary/aromatic N) is 1. The van der Waals surface area contributed by atoms with Gasteiger partial charge >= 0.3 is 11.9 Å². The molecular formula is C22H26N2O4. The van der Waals surface area contributed by atoms with Crippen LogP contribution < -0.4 is 0 Å². The number of piperidine rings is 1. The highest BCUT2D eigenvalue weighted by Gasteiger charge is 2.45. The van der Waals surface area contributed by atoms with Gasteiger partial charge in [-0.2, -0.15) is 0 Å². The highest BCUT2D eigenvalue weighted by molar-refractivity contribution is 5.95. The van der Waals surface area contributed by atoms with Gasteiger partial charge in [0.2, 0.25) is 0 Å². The number of carbonyl (C=O) groups is 2. The third kappa shape index (κ3) is 2.92. The van der Waals surface area contributed by atoms with E-state index in [1.165, 1.54) is 30.9 Å². The molecule has 0 bridgehead atoms. The van der Waals surface area contributed by atoms with Gasteiger partial charge in [0.1, 0.15) is 0 Å². The van der Waals surface area contributed by atoms with E-state index < -0.39 is 17.9 Å². The number of hydrogen-bond acceptors (Lipinski definition) is 5. The lowest BCUT2D eigenvalue weighted by atomic mass is 9.75. The summed E-state index contributed by atoms with van der Waals surface area (Å²) < 4.78 is 9.89. The van der Waals surface area contributed by atoms with Crippen molar-refractivity contribution in [2.75, 3.05) is 27.3 Å². The summed E-state index contributed by atoms with van der Waals surface area (Å²) in [5.74, 6) is -2.23. The van der Waals surface area contributed by atoms with E-state index in [1.54, 1.807) is 0 Å². The van der Waals surface area contributed by atoms with Crippen LogP contribution in [0.15, 0.2) is 35.9 Å². The van der Waals surface area contributed by atoms with Crippen molar-refractivity contribution in [3.8, 4) is 0 Å². The minimum atomic E-state index is -0.932. The lowest BCUT2D eigenvalue weighted by Gasteiger charge is -2.44. The van der Waals surface area contributed by atoms with Gasteiger partial charge in [0.05, 0.1) is 20.3 Å². The number of allylic oxidation sites excluding steroid dienone is 1. The van der Waals surface area contributed by atoms with Crippen LogP contribution in [0, 0.1) is 11.8 Å². The lowest BCUT2D eigenvalue weighted by molar-refractivity contribution is -0.161. The van der Waals surface area contributed by atoms with Crippen LogP contribution in [0.1, 0.15) is 30.6 Å². The second-order valence-corrected chi connectivity index (χ2v) is 7.53. The molecule has 0 saturated carbocycles. The Morgan fingerprint density at radius 1 is 1.21 bits per heavy atom. The number of esters is 2. The minimum absolute atomic E-state index is 0.140. The monoisotopic (exact) mass is 382 g/mol. The van der Waals surface area contributed by atoms with Gasteiger partial charge in [-0.1, -0.05) is 29.8 Å². The molecule has 28 heavy (non-hydrogen) atoms. The number of hydrogen-bond donors (Lipinski definition) is 1. The van der Waals surface area contributed by atoms with Gasteiger partial charge in [0.15, 0.2) is 5.92 Å². The molecule has 2 atom stereocenters. The first-order chi connectivity index (χ1) is 13.6. The van der Waals surface area contributed by atoms with E-state index in [1.807, 2.05) is 19.1 Å². The van der Waals surface area contributed by atoms with Crippen LogP contribution in [0.3, 0.4) is 0 Å². The maximum Gasteiger partial charge on any atom is 0.320 e. The van der Waals surface area contributed by atoms with Crippen molar-refractivity contribution in [1.29, 1.82) is 0 Å². The highest BCUT2D eigenvalue weighted by atomic mass is 16.5. The Labute approximate surface area is 164 Å². The summed E-state index contributed by atoms with van der Waals surface area (Å²) in [6.07, 6.45) is 3.70. The standard InChI is InChI=1S/C22H26N2O4/c1-4-13-12-24-10-9-15-14-7-5-6-8-17(14)23-20(15)18(24)11-16(13)19(21(25)27-2)22(26)28-3/h4-8,16,18-19,23H,9-12H2,1-3H3/b13-4+/t16-,18-/m0/s1. The van der Waals surface area contributed by atoms with Gasteiger partial charge in [-0.15, -0.1) is 0 Å². The molecule has 0 aliphatic carbocycles. The molecule has 0 spiro atoms. The van der Waals surface area contributed by atoms with Crippen LogP contribution in [0.4, 0.5) is 0 Å². The molecule has 1 aromatic heterocycles. The van der Waals surface area contributed by atoms with Crippen LogP contribution in [-0.4, -0.2) is 49.1 Å². The topological polar surface area (TPSA) is 71.6 Å². The summed E-state index contributed by atoms with van der Waals surface area (Å²) >= 11 is 0. The molecule has 3 heterocycles. The number of methoxy groups -OCH3 is 2. The fourth-order valence-electron chi connectivity index (χ4n) is 4.90. The van der Waals surface area contributed by atoms with E-state index in [0.29, 0.717) is 6.42 Å². The van der Waals surface area contributed by atoms with Crippen LogP contribution >= 0.6 is 0 Å². The zero-order valence-electron chi connectivity index (χ0n) is 16.5. The predicted molar refractivity (Wildman–Crippen MR) is 106 cm³/mol. The van der Waals surface area contributed by atoms with E-state index in [-0.39, 0.29) is 12.0 Å². The molecule has 1 saturated heterocycles. The number of ether oxygens (including phenoxy) is 2. The number of carbonyl (C=O) groups excluding carboxylic acids is 2. The molecule has 2 aliphatic heterocycles. The van der Waals surface area contributed by atoms with Crippen molar-refractivity contribution in [3.05, 3.63) is 47.2 Å². The Balaban J connectivity index is 1.75. The highest BCUT2D eigenvalue weighted by Crippen LogP contribution is 2.45. The molecule has 6 heteroatoms. The fourth-order valence-corrected chi connectivity index (χ4v) is 4.90. The average Bonchev–Trinajstić information content (AvgIpc) is 3.12. The quantitative estimate of drug-likeness (QED) is 0.502. The average molecular weight is 382 g/mol. The molecule has 2 aromatic rings. The molecule has 4 rings (SSSR count). The Bertz CT molecular complexity index is 929. The van der Waals surface area contributed by atoms with Crippen molar-refractivity contribution in [2.24, 2.45) is 11.8 Å². The second kappa shape index (κ2) is 7.43. The predicted octanol–water partition coefficient (Wildman–Crippen LogP) is 3.00. The van der Waals surface area contributed by atoms with Gasteiger partial charge in [0, 0.05) is 35.6 Å². The number of para-hydroxylation sites is 1. The summed E-state index contributed by atoms with van der Waals surface area (Å²) in [7, 11) is 2.64. The lowest BCUT2D eigenvalue weighted by Crippen LogP contribution is -2.47. The molecule has 0 amide bonds. The largest absolute Gasteiger partial charge is 0.468 e. The Morgan fingerprint density at radius 2 is 1.93 bits per heavy atom. The van der Waals surface area contributed by atoms with Crippen LogP contribution in [0.25, 0.3) is 10.9 Å². The summed E-state index contributed by atoms with van der Waals surface area (Å²) in [5, 5.41) is 1.27. The van der Waals surface area contributed by atoms with Crippen molar-refractivity contribution in [3.63, 3.8) is 0 Å². The van der Waals surface area contributed by atoms with Crippen LogP contribution in [0.2, 0.25) is 0 Å². The zero-order chi connectivity index (χ0) is 19.8. The summed E-state index contributed by atoms with van der Waals surface area (Å²) in [6.45, 7) is 3.67. The maximum atomic E-state index is 12.4. The first-order valence-corrected chi connectivity index (χ1v) is 9.73. The summed E-state index contributed by atoms with van der Waals surface area (Å²) in [5.41, 5.74) is 4.80. The van der Waals surface area contributed by atoms with Crippen molar-refractivity contribution in [1.82, 2.24) is 9.88 Å². The van der Waals surface area contributed by atoms with Crippen LogP contribution in [-0.2, 0) is 25.5 Å². The smallest absolute Gasteiger partial charge is 0.320 e. The number of aromatic nitrogens is 1. The third-order valence-electron chi connectivity index (χ3n) is 6.29. The molecule has 0 radical (unpaired) electrons. The normalized spacial score (nSPS) is 23.5. The van der Waals surface area contributed by atoms with E-state index >= 15 is 0 Å². The SMILES string of the molecule is C/C=C1\CN2CCc3c([nH]c4ccccc34)[C@@H]2C[C@@H]1C(C(=O)OC)C(=O)OC. The molecule has 2 aliphatic rings. The molecule has 1 fully saturated rings. The van der Waals surface area contributed by atoms with Crippen molar-refractivity contribution < 1.29 is 19.1 Å². The maximum absolute atomic E-state index is 12.4. The van der Waals surface area contributed by atoms with Gasteiger partial charge < -0.3 is 14.5 Å². The van der Waals surface area contributed by atoms with Crippen molar-refractivity contribution in [2.45, 2.75) is 25.8 Å². The second-order valence-electron chi connectivity index (χ2n) is 7.53. The number of H-pyrrole nitrogens is 1. The number of nitrogens with one attached hydrogen (secondary N) is 1. The molecule has 6 nitrogen and oxygen atoms in total. The van der Waals surface area contributed by atoms with E-state index in [2.05, 4.69) is 28.1 Å². The Kier molecular flexibility index (Phi) is 4.98. The number of benzene rings is 1. The number of aromatic amines is 1. The first kappa shape index (κ1) is 18.7. The minimum Gasteiger partial charge on any atom is -0.468 e. The number of fused-ring (bicyclic) bond motifs is 5. The summed E-state index contributed by atoms with van der Waals surface area (Å²) in [6, 6.07) is 8.50. The van der Waals surface area contributed by atoms with Gasteiger partial charge in [-0.25, -0.2) is 0 Å². The fraction of sp³-hybridized carbons (Fsp3) is 0.455. The number of rotatable bonds is 3. The van der Waals surface area contributed by atoms with E-state index in [9.17, 15) is 9.59 Å². The molecule has 0 unspecified atom stereocenters. The molecule has 1 N–H and O–H groups in total. The Hall–Kier alpha value is -2.60. The molecule has 148 valence electrons. The van der Waals surface area contributed by atoms with Crippen molar-refractivity contribution >= 4 is 22.8 Å². The van der Waals surface area contributed by atoms with Gasteiger partial charge in [-0.3, -0.25) is 14.5 Å². The zero-order valence-corrected chi connectivity index (χ0v) is 16.5. The van der Waals surface area contributed by atoms with Gasteiger partial charge in [-0.05, 0) is 31.4 Å².